The monoisotopic (exact) mass is 359 g/mol. The van der Waals surface area contributed by atoms with Crippen molar-refractivity contribution in [1.29, 1.82) is 5.26 Å². The standard InChI is InChI=1S/C16H13N3O5S/c1-8-10(5-4-6-12(8)19(22)23)14(20)18-15-11(7-17)9(2)13(25-15)16(21)24-3/h4-6H,1-3H3,(H,18,20). The third-order valence-corrected chi connectivity index (χ3v) is 4.79. The van der Waals surface area contributed by atoms with Crippen LogP contribution >= 0.6 is 11.3 Å². The Bertz CT molecular complexity index is 927. The molecule has 0 aliphatic rings. The number of nitrogens with one attached hydrogen (secondary N) is 1. The van der Waals surface area contributed by atoms with Crippen molar-refractivity contribution in [3.8, 4) is 6.07 Å². The fourth-order valence-electron chi connectivity index (χ4n) is 2.26. The van der Waals surface area contributed by atoms with Gasteiger partial charge in [-0.25, -0.2) is 4.79 Å². The number of nitro benzene ring substituents is 1. The highest BCUT2D eigenvalue weighted by Gasteiger charge is 2.24. The maximum Gasteiger partial charge on any atom is 0.348 e. The molecule has 0 aliphatic heterocycles. The number of amides is 1. The van der Waals surface area contributed by atoms with Gasteiger partial charge in [-0.05, 0) is 25.5 Å². The highest BCUT2D eigenvalue weighted by atomic mass is 32.1. The number of thiophene rings is 1. The van der Waals surface area contributed by atoms with E-state index in [1.54, 1.807) is 6.92 Å². The number of ether oxygens (including phenoxy) is 1. The van der Waals surface area contributed by atoms with E-state index in [-0.39, 0.29) is 32.3 Å². The second-order valence-electron chi connectivity index (χ2n) is 5.02. The fraction of sp³-hybridized carbons (Fsp3) is 0.188. The summed E-state index contributed by atoms with van der Waals surface area (Å²) < 4.78 is 4.66. The van der Waals surface area contributed by atoms with Crippen LogP contribution in [-0.4, -0.2) is 23.9 Å². The molecule has 128 valence electrons. The molecular formula is C16H13N3O5S. The van der Waals surface area contributed by atoms with Gasteiger partial charge in [0.1, 0.15) is 15.9 Å². The number of rotatable bonds is 4. The van der Waals surface area contributed by atoms with Gasteiger partial charge in [-0.3, -0.25) is 14.9 Å². The minimum atomic E-state index is -0.606. The van der Waals surface area contributed by atoms with Crippen molar-refractivity contribution in [2.24, 2.45) is 0 Å². The zero-order valence-corrected chi connectivity index (χ0v) is 14.4. The first-order valence-electron chi connectivity index (χ1n) is 6.99. The van der Waals surface area contributed by atoms with E-state index >= 15 is 0 Å². The van der Waals surface area contributed by atoms with E-state index in [1.165, 1.54) is 32.2 Å². The number of nitriles is 1. The zero-order valence-electron chi connectivity index (χ0n) is 13.6. The van der Waals surface area contributed by atoms with Gasteiger partial charge < -0.3 is 10.1 Å². The van der Waals surface area contributed by atoms with Crippen molar-refractivity contribution in [3.05, 3.63) is 55.4 Å². The molecule has 0 saturated carbocycles. The number of hydrogen-bond donors (Lipinski definition) is 1. The molecule has 1 aromatic heterocycles. The number of anilines is 1. The van der Waals surface area contributed by atoms with E-state index in [4.69, 9.17) is 0 Å². The number of carbonyl (C=O) groups excluding carboxylic acids is 2. The number of hydrogen-bond acceptors (Lipinski definition) is 7. The van der Waals surface area contributed by atoms with Crippen LogP contribution in [0, 0.1) is 35.3 Å². The predicted molar refractivity (Wildman–Crippen MR) is 90.9 cm³/mol. The summed E-state index contributed by atoms with van der Waals surface area (Å²) in [5, 5.41) is 23.0. The quantitative estimate of drug-likeness (QED) is 0.508. The summed E-state index contributed by atoms with van der Waals surface area (Å²) in [5.74, 6) is -1.21. The number of carbonyl (C=O) groups is 2. The third kappa shape index (κ3) is 3.34. The van der Waals surface area contributed by atoms with Crippen molar-refractivity contribution in [3.63, 3.8) is 0 Å². The molecule has 2 aromatic rings. The molecule has 0 aliphatic carbocycles. The maximum absolute atomic E-state index is 12.5. The van der Waals surface area contributed by atoms with Crippen LogP contribution in [0.1, 0.15) is 36.7 Å². The van der Waals surface area contributed by atoms with Crippen molar-refractivity contribution >= 4 is 33.9 Å². The zero-order chi connectivity index (χ0) is 18.7. The summed E-state index contributed by atoms with van der Waals surface area (Å²) in [5.41, 5.74) is 0.715. The topological polar surface area (TPSA) is 122 Å². The smallest absolute Gasteiger partial charge is 0.348 e. The lowest BCUT2D eigenvalue weighted by Gasteiger charge is -2.07. The third-order valence-electron chi connectivity index (χ3n) is 3.60. The van der Waals surface area contributed by atoms with Crippen molar-refractivity contribution in [2.75, 3.05) is 12.4 Å². The number of benzene rings is 1. The van der Waals surface area contributed by atoms with Gasteiger partial charge in [-0.1, -0.05) is 6.07 Å². The molecule has 8 nitrogen and oxygen atoms in total. The highest BCUT2D eigenvalue weighted by Crippen LogP contribution is 2.33. The Balaban J connectivity index is 2.43. The predicted octanol–water partition coefficient (Wildman–Crippen LogP) is 3.18. The molecule has 0 atom stereocenters. The molecule has 1 aromatic carbocycles. The van der Waals surface area contributed by atoms with E-state index in [1.807, 2.05) is 6.07 Å². The first-order valence-corrected chi connectivity index (χ1v) is 7.80. The van der Waals surface area contributed by atoms with E-state index in [9.17, 15) is 25.0 Å². The van der Waals surface area contributed by atoms with Gasteiger partial charge in [0.05, 0.1) is 17.6 Å². The maximum atomic E-state index is 12.5. The molecule has 2 rings (SSSR count). The van der Waals surface area contributed by atoms with Gasteiger partial charge in [-0.2, -0.15) is 5.26 Å². The van der Waals surface area contributed by atoms with Crippen LogP contribution in [0.15, 0.2) is 18.2 Å². The molecule has 1 amide bonds. The van der Waals surface area contributed by atoms with Crippen molar-refractivity contribution in [1.82, 2.24) is 0 Å². The summed E-state index contributed by atoms with van der Waals surface area (Å²) >= 11 is 0.920. The summed E-state index contributed by atoms with van der Waals surface area (Å²) in [7, 11) is 1.22. The van der Waals surface area contributed by atoms with E-state index < -0.39 is 16.8 Å². The summed E-state index contributed by atoms with van der Waals surface area (Å²) in [4.78, 5) is 34.9. The normalized spacial score (nSPS) is 10.0. The van der Waals surface area contributed by atoms with Gasteiger partial charge >= 0.3 is 5.97 Å². The molecule has 1 heterocycles. The Hall–Kier alpha value is -3.25. The summed E-state index contributed by atoms with van der Waals surface area (Å²) in [6.45, 7) is 3.05. The average molecular weight is 359 g/mol. The van der Waals surface area contributed by atoms with Crippen LogP contribution in [0.3, 0.4) is 0 Å². The number of esters is 1. The van der Waals surface area contributed by atoms with Crippen LogP contribution in [0.5, 0.6) is 0 Å². The Morgan fingerprint density at radius 1 is 1.32 bits per heavy atom. The Morgan fingerprint density at radius 2 is 2.00 bits per heavy atom. The lowest BCUT2D eigenvalue weighted by atomic mass is 10.1. The van der Waals surface area contributed by atoms with E-state index in [0.29, 0.717) is 5.56 Å². The van der Waals surface area contributed by atoms with Gasteiger partial charge in [0.25, 0.3) is 11.6 Å². The number of nitrogens with zero attached hydrogens (tertiary/aromatic N) is 2. The Kier molecular flexibility index (Phi) is 5.14. The van der Waals surface area contributed by atoms with Crippen LogP contribution in [0.25, 0.3) is 0 Å². The molecule has 25 heavy (non-hydrogen) atoms. The van der Waals surface area contributed by atoms with Crippen LogP contribution in [0.2, 0.25) is 0 Å². The van der Waals surface area contributed by atoms with Crippen LogP contribution < -0.4 is 5.32 Å². The Morgan fingerprint density at radius 3 is 2.56 bits per heavy atom. The lowest BCUT2D eigenvalue weighted by molar-refractivity contribution is -0.385. The minimum Gasteiger partial charge on any atom is -0.465 e. The highest BCUT2D eigenvalue weighted by molar-refractivity contribution is 7.18. The molecule has 1 N–H and O–H groups in total. The van der Waals surface area contributed by atoms with Gasteiger partial charge in [0.15, 0.2) is 0 Å². The van der Waals surface area contributed by atoms with Crippen molar-refractivity contribution in [2.45, 2.75) is 13.8 Å². The second kappa shape index (κ2) is 7.11. The fourth-order valence-corrected chi connectivity index (χ4v) is 3.33. The summed E-state index contributed by atoms with van der Waals surface area (Å²) in [6.07, 6.45) is 0. The Labute approximate surface area is 146 Å². The van der Waals surface area contributed by atoms with Gasteiger partial charge in [0.2, 0.25) is 0 Å². The lowest BCUT2D eigenvalue weighted by Crippen LogP contribution is -2.14. The molecule has 0 radical (unpaired) electrons. The number of methoxy groups -OCH3 is 1. The van der Waals surface area contributed by atoms with Gasteiger partial charge in [-0.15, -0.1) is 11.3 Å². The first-order chi connectivity index (χ1) is 11.8. The van der Waals surface area contributed by atoms with E-state index in [2.05, 4.69) is 10.1 Å². The molecule has 0 saturated heterocycles. The minimum absolute atomic E-state index is 0.115. The SMILES string of the molecule is COC(=O)c1sc(NC(=O)c2cccc([N+](=O)[O-])c2C)c(C#N)c1C. The van der Waals surface area contributed by atoms with E-state index in [0.717, 1.165) is 11.3 Å². The summed E-state index contributed by atoms with van der Waals surface area (Å²) in [6, 6.07) is 6.10. The first kappa shape index (κ1) is 18.1. The molecule has 9 heteroatoms. The molecular weight excluding hydrogens is 346 g/mol. The molecule has 0 spiro atoms. The van der Waals surface area contributed by atoms with Gasteiger partial charge in [0, 0.05) is 17.2 Å². The van der Waals surface area contributed by atoms with Crippen LogP contribution in [0.4, 0.5) is 10.7 Å². The average Bonchev–Trinajstić information content (AvgIpc) is 2.89. The largest absolute Gasteiger partial charge is 0.465 e. The van der Waals surface area contributed by atoms with Crippen LogP contribution in [-0.2, 0) is 4.74 Å². The van der Waals surface area contributed by atoms with Crippen molar-refractivity contribution < 1.29 is 19.2 Å². The molecule has 0 unspecified atom stereocenters. The molecule has 0 bridgehead atoms. The molecule has 0 fully saturated rings. The number of nitro groups is 1. The second-order valence-corrected chi connectivity index (χ2v) is 6.05.